The van der Waals surface area contributed by atoms with Crippen molar-refractivity contribution >= 4 is 17.5 Å². The van der Waals surface area contributed by atoms with Gasteiger partial charge >= 0.3 is 0 Å². The molecule has 0 bridgehead atoms. The molecule has 0 aliphatic rings. The first-order valence-electron chi connectivity index (χ1n) is 8.20. The number of para-hydroxylation sites is 1. The third-order valence-electron chi connectivity index (χ3n) is 3.49. The number of benzene rings is 1. The molecule has 0 atom stereocenters. The van der Waals surface area contributed by atoms with Crippen LogP contribution in [0, 0.1) is 6.92 Å². The quantitative estimate of drug-likeness (QED) is 0.892. The monoisotopic (exact) mass is 326 g/mol. The Morgan fingerprint density at radius 2 is 1.79 bits per heavy atom. The zero-order valence-electron chi connectivity index (χ0n) is 15.3. The Morgan fingerprint density at radius 3 is 2.42 bits per heavy atom. The summed E-state index contributed by atoms with van der Waals surface area (Å²) in [7, 11) is 0. The summed E-state index contributed by atoms with van der Waals surface area (Å²) in [6, 6.07) is 9.83. The second kappa shape index (κ2) is 6.99. The van der Waals surface area contributed by atoms with Crippen LogP contribution in [0.25, 0.3) is 0 Å². The lowest BCUT2D eigenvalue weighted by molar-refractivity contribution is 0.0938. The lowest BCUT2D eigenvalue weighted by atomic mass is 9.86. The summed E-state index contributed by atoms with van der Waals surface area (Å²) in [6.07, 6.45) is 0. The predicted octanol–water partition coefficient (Wildman–Crippen LogP) is 3.96. The first kappa shape index (κ1) is 17.9. The first-order chi connectivity index (χ1) is 11.2. The molecule has 0 fully saturated rings. The van der Waals surface area contributed by atoms with Gasteiger partial charge in [-0.3, -0.25) is 4.79 Å². The van der Waals surface area contributed by atoms with Gasteiger partial charge in [-0.25, -0.2) is 9.97 Å². The molecule has 0 radical (unpaired) electrons. The van der Waals surface area contributed by atoms with E-state index in [9.17, 15) is 4.79 Å². The number of carbonyl (C=O) groups is 1. The van der Waals surface area contributed by atoms with E-state index < -0.39 is 0 Å². The molecule has 1 amide bonds. The van der Waals surface area contributed by atoms with Crippen molar-refractivity contribution in [1.82, 2.24) is 15.3 Å². The van der Waals surface area contributed by atoms with Gasteiger partial charge in [-0.15, -0.1) is 0 Å². The number of carbonyl (C=O) groups excluding carboxylic acids is 1. The van der Waals surface area contributed by atoms with Crippen LogP contribution in [0.1, 0.15) is 56.4 Å². The number of aryl methyl sites for hydroxylation is 1. The fraction of sp³-hybridized carbons (Fsp3) is 0.421. The summed E-state index contributed by atoms with van der Waals surface area (Å²) < 4.78 is 0. The second-order valence-corrected chi connectivity index (χ2v) is 7.27. The van der Waals surface area contributed by atoms with Gasteiger partial charge in [0.1, 0.15) is 5.69 Å². The number of anilines is 2. The van der Waals surface area contributed by atoms with Gasteiger partial charge in [-0.1, -0.05) is 39.0 Å². The van der Waals surface area contributed by atoms with E-state index in [0.717, 1.165) is 11.4 Å². The van der Waals surface area contributed by atoms with E-state index in [2.05, 4.69) is 47.4 Å². The number of amides is 1. The summed E-state index contributed by atoms with van der Waals surface area (Å²) >= 11 is 0. The highest BCUT2D eigenvalue weighted by molar-refractivity contribution is 5.92. The minimum absolute atomic E-state index is 0.00866. The van der Waals surface area contributed by atoms with E-state index in [4.69, 9.17) is 0 Å². The molecule has 1 aromatic heterocycles. The Kier molecular flexibility index (Phi) is 5.22. The largest absolute Gasteiger partial charge is 0.349 e. The van der Waals surface area contributed by atoms with E-state index in [-0.39, 0.29) is 17.4 Å². The van der Waals surface area contributed by atoms with Gasteiger partial charge in [-0.05, 0) is 43.9 Å². The molecule has 1 aromatic carbocycles. The van der Waals surface area contributed by atoms with Crippen molar-refractivity contribution < 1.29 is 4.79 Å². The van der Waals surface area contributed by atoms with Gasteiger partial charge in [0, 0.05) is 17.4 Å². The highest BCUT2D eigenvalue weighted by atomic mass is 16.1. The molecule has 5 heteroatoms. The van der Waals surface area contributed by atoms with Crippen LogP contribution in [-0.2, 0) is 5.41 Å². The molecule has 128 valence electrons. The SMILES string of the molecule is Cc1cc(C(=O)NC(C)C)nc(Nc2ccccc2C(C)(C)C)n1. The van der Waals surface area contributed by atoms with Gasteiger partial charge in [-0.2, -0.15) is 0 Å². The van der Waals surface area contributed by atoms with Crippen molar-refractivity contribution in [2.24, 2.45) is 0 Å². The van der Waals surface area contributed by atoms with E-state index in [1.54, 1.807) is 6.07 Å². The second-order valence-electron chi connectivity index (χ2n) is 7.27. The Bertz CT molecular complexity index is 732. The third kappa shape index (κ3) is 4.54. The van der Waals surface area contributed by atoms with Crippen molar-refractivity contribution in [3.8, 4) is 0 Å². The van der Waals surface area contributed by atoms with Crippen molar-refractivity contribution in [3.63, 3.8) is 0 Å². The van der Waals surface area contributed by atoms with Crippen LogP contribution in [0.15, 0.2) is 30.3 Å². The molecule has 24 heavy (non-hydrogen) atoms. The zero-order valence-corrected chi connectivity index (χ0v) is 15.3. The molecule has 0 spiro atoms. The number of nitrogens with zero attached hydrogens (tertiary/aromatic N) is 2. The van der Waals surface area contributed by atoms with Crippen molar-refractivity contribution in [1.29, 1.82) is 0 Å². The summed E-state index contributed by atoms with van der Waals surface area (Å²) in [5, 5.41) is 6.12. The highest BCUT2D eigenvalue weighted by Crippen LogP contribution is 2.30. The predicted molar refractivity (Wildman–Crippen MR) is 97.8 cm³/mol. The topological polar surface area (TPSA) is 66.9 Å². The Labute approximate surface area is 143 Å². The van der Waals surface area contributed by atoms with Crippen molar-refractivity contribution in [2.45, 2.75) is 53.0 Å². The zero-order chi connectivity index (χ0) is 17.9. The minimum atomic E-state index is -0.192. The van der Waals surface area contributed by atoms with E-state index in [0.29, 0.717) is 11.6 Å². The van der Waals surface area contributed by atoms with Crippen LogP contribution in [0.4, 0.5) is 11.6 Å². The average Bonchev–Trinajstić information content (AvgIpc) is 2.45. The smallest absolute Gasteiger partial charge is 0.270 e. The van der Waals surface area contributed by atoms with Crippen LogP contribution in [0.2, 0.25) is 0 Å². The lowest BCUT2D eigenvalue weighted by Crippen LogP contribution is -2.31. The maximum atomic E-state index is 12.2. The molecule has 2 rings (SSSR count). The fourth-order valence-corrected chi connectivity index (χ4v) is 2.44. The normalized spacial score (nSPS) is 11.5. The first-order valence-corrected chi connectivity index (χ1v) is 8.20. The number of nitrogens with one attached hydrogen (secondary N) is 2. The van der Waals surface area contributed by atoms with Crippen LogP contribution in [0.5, 0.6) is 0 Å². The van der Waals surface area contributed by atoms with Gasteiger partial charge < -0.3 is 10.6 Å². The highest BCUT2D eigenvalue weighted by Gasteiger charge is 2.18. The van der Waals surface area contributed by atoms with Crippen LogP contribution >= 0.6 is 0 Å². The summed E-state index contributed by atoms with van der Waals surface area (Å²) in [4.78, 5) is 21.0. The van der Waals surface area contributed by atoms with Gasteiger partial charge in [0.05, 0.1) is 0 Å². The summed E-state index contributed by atoms with van der Waals surface area (Å²) in [5.74, 6) is 0.239. The average molecular weight is 326 g/mol. The minimum Gasteiger partial charge on any atom is -0.349 e. The van der Waals surface area contributed by atoms with E-state index in [1.807, 2.05) is 39.0 Å². The molecule has 0 saturated carbocycles. The van der Waals surface area contributed by atoms with Crippen LogP contribution < -0.4 is 10.6 Å². The number of hydrogen-bond donors (Lipinski definition) is 2. The Hall–Kier alpha value is -2.43. The fourth-order valence-electron chi connectivity index (χ4n) is 2.44. The van der Waals surface area contributed by atoms with Crippen LogP contribution in [0.3, 0.4) is 0 Å². The maximum absolute atomic E-state index is 12.2. The van der Waals surface area contributed by atoms with Crippen molar-refractivity contribution in [2.75, 3.05) is 5.32 Å². The maximum Gasteiger partial charge on any atom is 0.270 e. The van der Waals surface area contributed by atoms with Gasteiger partial charge in [0.25, 0.3) is 5.91 Å². The molecule has 0 aliphatic heterocycles. The van der Waals surface area contributed by atoms with Crippen LogP contribution in [-0.4, -0.2) is 21.9 Å². The Balaban J connectivity index is 2.35. The molecule has 2 aromatic rings. The van der Waals surface area contributed by atoms with E-state index >= 15 is 0 Å². The molecule has 5 nitrogen and oxygen atoms in total. The molecule has 2 N–H and O–H groups in total. The lowest BCUT2D eigenvalue weighted by Gasteiger charge is -2.23. The standard InChI is InChI=1S/C19H26N4O/c1-12(2)20-17(24)16-11-13(3)21-18(23-16)22-15-10-8-7-9-14(15)19(4,5)6/h7-12H,1-6H3,(H,20,24)(H,21,22,23). The molecule has 0 unspecified atom stereocenters. The van der Waals surface area contributed by atoms with E-state index in [1.165, 1.54) is 5.56 Å². The number of hydrogen-bond acceptors (Lipinski definition) is 4. The molecular weight excluding hydrogens is 300 g/mol. The molecule has 1 heterocycles. The summed E-state index contributed by atoms with van der Waals surface area (Å²) in [6.45, 7) is 12.2. The molecular formula is C19H26N4O. The molecule has 0 saturated heterocycles. The van der Waals surface area contributed by atoms with Gasteiger partial charge in [0.2, 0.25) is 5.95 Å². The summed E-state index contributed by atoms with van der Waals surface area (Å²) in [5.41, 5.74) is 3.22. The number of rotatable bonds is 4. The van der Waals surface area contributed by atoms with Crippen molar-refractivity contribution in [3.05, 3.63) is 47.3 Å². The van der Waals surface area contributed by atoms with Gasteiger partial charge in [0.15, 0.2) is 0 Å². The Morgan fingerprint density at radius 1 is 1.12 bits per heavy atom. The molecule has 0 aliphatic carbocycles. The third-order valence-corrected chi connectivity index (χ3v) is 3.49. The number of aromatic nitrogens is 2.